The number of hydrogen-bond donors (Lipinski definition) is 1. The van der Waals surface area contributed by atoms with Crippen LogP contribution >= 0.6 is 34.3 Å². The van der Waals surface area contributed by atoms with E-state index in [0.717, 1.165) is 17.3 Å². The third kappa shape index (κ3) is 3.59. The molecule has 0 aliphatic carbocycles. The quantitative estimate of drug-likeness (QED) is 0.860. The van der Waals surface area contributed by atoms with Crippen LogP contribution in [-0.4, -0.2) is 6.04 Å². The van der Waals surface area contributed by atoms with Crippen LogP contribution in [-0.2, 0) is 13.0 Å². The summed E-state index contributed by atoms with van der Waals surface area (Å²) in [6.07, 6.45) is 1.09. The van der Waals surface area contributed by atoms with Gasteiger partial charge in [-0.25, -0.2) is 0 Å². The average molecular weight is 272 g/mol. The molecular weight excluding hydrogens is 258 g/mol. The number of thiophene rings is 2. The van der Waals surface area contributed by atoms with E-state index in [-0.39, 0.29) is 0 Å². The van der Waals surface area contributed by atoms with Crippen LogP contribution in [0.4, 0.5) is 0 Å². The summed E-state index contributed by atoms with van der Waals surface area (Å²) in [7, 11) is 0. The fourth-order valence-corrected chi connectivity index (χ4v) is 3.40. The molecule has 16 heavy (non-hydrogen) atoms. The minimum atomic E-state index is 0.500. The fraction of sp³-hybridized carbons (Fsp3) is 0.333. The molecule has 2 aromatic rings. The second kappa shape index (κ2) is 5.82. The van der Waals surface area contributed by atoms with E-state index in [1.807, 2.05) is 17.4 Å². The Morgan fingerprint density at radius 2 is 2.19 bits per heavy atom. The number of halogens is 1. The molecule has 1 nitrogen and oxygen atoms in total. The highest BCUT2D eigenvalue weighted by atomic mass is 35.5. The molecule has 0 spiro atoms. The SMILES string of the molecule is CC(Cc1cccs1)NCc1ccc(Cl)s1. The van der Waals surface area contributed by atoms with Crippen LogP contribution in [0.15, 0.2) is 29.6 Å². The Morgan fingerprint density at radius 1 is 1.31 bits per heavy atom. The van der Waals surface area contributed by atoms with Gasteiger partial charge in [-0.1, -0.05) is 17.7 Å². The lowest BCUT2D eigenvalue weighted by molar-refractivity contribution is 0.552. The average Bonchev–Trinajstić information content (AvgIpc) is 2.87. The highest BCUT2D eigenvalue weighted by Crippen LogP contribution is 2.21. The molecule has 2 heterocycles. The Morgan fingerprint density at radius 3 is 2.81 bits per heavy atom. The lowest BCUT2D eigenvalue weighted by Gasteiger charge is -2.11. The van der Waals surface area contributed by atoms with Crippen LogP contribution in [0.5, 0.6) is 0 Å². The van der Waals surface area contributed by atoms with Crippen molar-refractivity contribution in [2.24, 2.45) is 0 Å². The second-order valence-electron chi connectivity index (χ2n) is 3.77. The van der Waals surface area contributed by atoms with Crippen LogP contribution in [0.2, 0.25) is 4.34 Å². The highest BCUT2D eigenvalue weighted by molar-refractivity contribution is 7.16. The largest absolute Gasteiger partial charge is 0.309 e. The van der Waals surface area contributed by atoms with Crippen LogP contribution < -0.4 is 5.32 Å². The van der Waals surface area contributed by atoms with Crippen molar-refractivity contribution in [2.45, 2.75) is 25.9 Å². The first-order valence-electron chi connectivity index (χ1n) is 5.24. The number of hydrogen-bond acceptors (Lipinski definition) is 3. The summed E-state index contributed by atoms with van der Waals surface area (Å²) in [4.78, 5) is 2.73. The zero-order valence-corrected chi connectivity index (χ0v) is 11.5. The van der Waals surface area contributed by atoms with Gasteiger partial charge < -0.3 is 5.32 Å². The van der Waals surface area contributed by atoms with Crippen molar-refractivity contribution in [3.05, 3.63) is 43.7 Å². The van der Waals surface area contributed by atoms with Gasteiger partial charge in [0.05, 0.1) is 4.34 Å². The molecule has 0 amide bonds. The maximum absolute atomic E-state index is 5.88. The van der Waals surface area contributed by atoms with Crippen molar-refractivity contribution in [2.75, 3.05) is 0 Å². The van der Waals surface area contributed by atoms with E-state index < -0.39 is 0 Å². The highest BCUT2D eigenvalue weighted by Gasteiger charge is 2.05. The predicted molar refractivity (Wildman–Crippen MR) is 73.7 cm³/mol. The van der Waals surface area contributed by atoms with Crippen LogP contribution in [0.25, 0.3) is 0 Å². The van der Waals surface area contributed by atoms with Crippen molar-refractivity contribution in [1.29, 1.82) is 0 Å². The first-order valence-corrected chi connectivity index (χ1v) is 7.31. The lowest BCUT2D eigenvalue weighted by atomic mass is 10.2. The minimum absolute atomic E-state index is 0.500. The minimum Gasteiger partial charge on any atom is -0.309 e. The summed E-state index contributed by atoms with van der Waals surface area (Å²) in [6.45, 7) is 3.12. The lowest BCUT2D eigenvalue weighted by Crippen LogP contribution is -2.26. The summed E-state index contributed by atoms with van der Waals surface area (Å²) in [5, 5.41) is 5.64. The Hall–Kier alpha value is -0.350. The third-order valence-electron chi connectivity index (χ3n) is 2.34. The molecule has 0 aromatic carbocycles. The Balaban J connectivity index is 1.77. The van der Waals surface area contributed by atoms with Crippen molar-refractivity contribution < 1.29 is 0 Å². The standard InChI is InChI=1S/C12H14ClNS2/c1-9(7-10-3-2-6-15-10)14-8-11-4-5-12(13)16-11/h2-6,9,14H,7-8H2,1H3. The van der Waals surface area contributed by atoms with Gasteiger partial charge in [-0.2, -0.15) is 0 Å². The first-order chi connectivity index (χ1) is 7.74. The van der Waals surface area contributed by atoms with Gasteiger partial charge in [0.1, 0.15) is 0 Å². The molecular formula is C12H14ClNS2. The van der Waals surface area contributed by atoms with Gasteiger partial charge in [0.2, 0.25) is 0 Å². The third-order valence-corrected chi connectivity index (χ3v) is 4.47. The van der Waals surface area contributed by atoms with E-state index in [2.05, 4.69) is 35.8 Å². The Bertz CT molecular complexity index is 422. The summed E-state index contributed by atoms with van der Waals surface area (Å²) in [5.41, 5.74) is 0. The maximum atomic E-state index is 5.88. The van der Waals surface area contributed by atoms with Gasteiger partial charge in [0.15, 0.2) is 0 Å². The number of nitrogens with one attached hydrogen (secondary N) is 1. The summed E-state index contributed by atoms with van der Waals surface area (Å²) in [5.74, 6) is 0. The fourth-order valence-electron chi connectivity index (χ4n) is 1.52. The van der Waals surface area contributed by atoms with E-state index in [4.69, 9.17) is 11.6 Å². The summed E-state index contributed by atoms with van der Waals surface area (Å²) < 4.78 is 0.864. The topological polar surface area (TPSA) is 12.0 Å². The maximum Gasteiger partial charge on any atom is 0.0931 e. The van der Waals surface area contributed by atoms with E-state index in [1.54, 1.807) is 11.3 Å². The molecule has 0 fully saturated rings. The molecule has 2 rings (SSSR count). The molecule has 1 atom stereocenters. The molecule has 0 aliphatic rings. The molecule has 86 valence electrons. The van der Waals surface area contributed by atoms with Gasteiger partial charge in [0.25, 0.3) is 0 Å². The van der Waals surface area contributed by atoms with Gasteiger partial charge in [0, 0.05) is 22.3 Å². The zero-order valence-electron chi connectivity index (χ0n) is 9.07. The molecule has 0 bridgehead atoms. The van der Waals surface area contributed by atoms with Gasteiger partial charge in [-0.05, 0) is 36.9 Å². The monoisotopic (exact) mass is 271 g/mol. The van der Waals surface area contributed by atoms with E-state index in [0.29, 0.717) is 6.04 Å². The van der Waals surface area contributed by atoms with E-state index in [1.165, 1.54) is 9.75 Å². The summed E-state index contributed by atoms with van der Waals surface area (Å²) >= 11 is 9.34. The van der Waals surface area contributed by atoms with E-state index in [9.17, 15) is 0 Å². The molecule has 2 aromatic heterocycles. The van der Waals surface area contributed by atoms with Crippen molar-refractivity contribution >= 4 is 34.3 Å². The Kier molecular flexibility index (Phi) is 4.41. The molecule has 1 unspecified atom stereocenters. The van der Waals surface area contributed by atoms with E-state index >= 15 is 0 Å². The summed E-state index contributed by atoms with van der Waals surface area (Å²) in [6, 6.07) is 8.82. The predicted octanol–water partition coefficient (Wildman–Crippen LogP) is 4.18. The molecule has 0 saturated carbocycles. The van der Waals surface area contributed by atoms with Crippen LogP contribution in [0, 0.1) is 0 Å². The van der Waals surface area contributed by atoms with Gasteiger partial charge in [-0.15, -0.1) is 22.7 Å². The molecule has 0 aliphatic heterocycles. The van der Waals surface area contributed by atoms with Crippen molar-refractivity contribution in [3.63, 3.8) is 0 Å². The smallest absolute Gasteiger partial charge is 0.0931 e. The zero-order chi connectivity index (χ0) is 11.4. The molecule has 4 heteroatoms. The van der Waals surface area contributed by atoms with Crippen molar-refractivity contribution in [1.82, 2.24) is 5.32 Å². The Labute approximate surface area is 109 Å². The van der Waals surface area contributed by atoms with Crippen LogP contribution in [0.3, 0.4) is 0 Å². The number of rotatable bonds is 5. The first kappa shape index (κ1) is 12.1. The molecule has 0 radical (unpaired) electrons. The normalized spacial score (nSPS) is 12.9. The van der Waals surface area contributed by atoms with Crippen LogP contribution in [0.1, 0.15) is 16.7 Å². The second-order valence-corrected chi connectivity index (χ2v) is 6.60. The molecule has 1 N–H and O–H groups in total. The molecule has 0 saturated heterocycles. The van der Waals surface area contributed by atoms with Gasteiger partial charge in [-0.3, -0.25) is 0 Å². The van der Waals surface area contributed by atoms with Gasteiger partial charge >= 0.3 is 0 Å². The van der Waals surface area contributed by atoms with Crippen molar-refractivity contribution in [3.8, 4) is 0 Å².